The number of fused-ring (bicyclic) bond motifs is 1. The molecule has 3 rings (SSSR count). The second kappa shape index (κ2) is 6.60. The van der Waals surface area contributed by atoms with Crippen LogP contribution in [-0.4, -0.2) is 58.0 Å². The van der Waals surface area contributed by atoms with Crippen molar-refractivity contribution in [2.75, 3.05) is 27.7 Å². The Balaban J connectivity index is 1.88. The van der Waals surface area contributed by atoms with Gasteiger partial charge in [-0.05, 0) is 6.07 Å². The van der Waals surface area contributed by atoms with Gasteiger partial charge in [0, 0.05) is 52.5 Å². The molecular weight excluding hydrogens is 306 g/mol. The van der Waals surface area contributed by atoms with Crippen molar-refractivity contribution in [2.24, 2.45) is 7.05 Å². The van der Waals surface area contributed by atoms with Crippen LogP contribution >= 0.6 is 0 Å². The van der Waals surface area contributed by atoms with Crippen molar-refractivity contribution in [2.45, 2.75) is 19.0 Å². The van der Waals surface area contributed by atoms with E-state index in [0.717, 1.165) is 17.0 Å². The Bertz CT molecular complexity index is 740. The first-order valence-corrected chi connectivity index (χ1v) is 7.92. The van der Waals surface area contributed by atoms with E-state index >= 15 is 0 Å². The molecule has 2 aromatic rings. The predicted molar refractivity (Wildman–Crippen MR) is 89.5 cm³/mol. The molecule has 1 aliphatic rings. The molecule has 7 heteroatoms. The molecule has 1 aliphatic heterocycles. The number of imidazole rings is 1. The van der Waals surface area contributed by atoms with Crippen LogP contribution in [-0.2, 0) is 24.9 Å². The second-order valence-electron chi connectivity index (χ2n) is 6.31. The monoisotopic (exact) mass is 329 g/mol. The maximum atomic E-state index is 12.7. The van der Waals surface area contributed by atoms with Gasteiger partial charge in [0.05, 0.1) is 30.7 Å². The summed E-state index contributed by atoms with van der Waals surface area (Å²) in [7, 11) is 7.15. The number of methoxy groups -OCH3 is 1. The largest absolute Gasteiger partial charge is 0.481 e. The average Bonchev–Trinajstić information content (AvgIpc) is 2.95. The van der Waals surface area contributed by atoms with Gasteiger partial charge in [-0.1, -0.05) is 6.07 Å². The molecule has 2 aromatic heterocycles. The van der Waals surface area contributed by atoms with Crippen molar-refractivity contribution in [1.29, 1.82) is 0 Å². The van der Waals surface area contributed by atoms with Crippen molar-refractivity contribution in [3.63, 3.8) is 0 Å². The average molecular weight is 329 g/mol. The van der Waals surface area contributed by atoms with E-state index in [0.29, 0.717) is 25.5 Å². The number of likely N-dealkylation sites (N-methyl/N-ethyl adjacent to an activating group) is 1. The van der Waals surface area contributed by atoms with E-state index in [2.05, 4.69) is 14.9 Å². The summed E-state index contributed by atoms with van der Waals surface area (Å²) in [6.45, 7) is 2.04. The first kappa shape index (κ1) is 16.4. The Morgan fingerprint density at radius 1 is 1.42 bits per heavy atom. The lowest BCUT2D eigenvalue weighted by molar-refractivity contribution is -0.131. The molecule has 128 valence electrons. The van der Waals surface area contributed by atoms with Crippen LogP contribution in [0.3, 0.4) is 0 Å². The van der Waals surface area contributed by atoms with Crippen molar-refractivity contribution in [1.82, 2.24) is 24.3 Å². The van der Waals surface area contributed by atoms with Gasteiger partial charge >= 0.3 is 0 Å². The Morgan fingerprint density at radius 3 is 2.92 bits per heavy atom. The highest BCUT2D eigenvalue weighted by Gasteiger charge is 2.34. The third-order valence-electron chi connectivity index (χ3n) is 4.38. The number of aryl methyl sites for hydroxylation is 1. The smallest absolute Gasteiger partial charge is 0.232 e. The number of pyridine rings is 1. The van der Waals surface area contributed by atoms with Crippen LogP contribution in [0.15, 0.2) is 24.7 Å². The third kappa shape index (κ3) is 2.99. The molecule has 0 unspecified atom stereocenters. The Kier molecular flexibility index (Phi) is 4.53. The SMILES string of the molecule is COc1ncccc1CN1Cc2ncn(C)c2[C@H](C(=O)N(C)C)C1. The Hall–Kier alpha value is -2.41. The Morgan fingerprint density at radius 2 is 2.21 bits per heavy atom. The van der Waals surface area contributed by atoms with Gasteiger partial charge in [0.1, 0.15) is 0 Å². The molecule has 1 atom stereocenters. The number of ether oxygens (including phenoxy) is 1. The summed E-state index contributed by atoms with van der Waals surface area (Å²) in [5.41, 5.74) is 2.99. The van der Waals surface area contributed by atoms with E-state index in [-0.39, 0.29) is 11.8 Å². The molecule has 0 saturated heterocycles. The van der Waals surface area contributed by atoms with E-state index in [4.69, 9.17) is 4.74 Å². The number of hydrogen-bond acceptors (Lipinski definition) is 5. The topological polar surface area (TPSA) is 63.5 Å². The molecule has 24 heavy (non-hydrogen) atoms. The number of rotatable bonds is 4. The first-order chi connectivity index (χ1) is 11.5. The molecule has 0 aromatic carbocycles. The molecule has 0 saturated carbocycles. The lowest BCUT2D eigenvalue weighted by Crippen LogP contribution is -2.41. The predicted octanol–water partition coefficient (Wildman–Crippen LogP) is 1.01. The maximum Gasteiger partial charge on any atom is 0.232 e. The van der Waals surface area contributed by atoms with Gasteiger partial charge < -0.3 is 14.2 Å². The zero-order valence-corrected chi connectivity index (χ0v) is 14.6. The van der Waals surface area contributed by atoms with Gasteiger partial charge in [0.15, 0.2) is 0 Å². The fraction of sp³-hybridized carbons (Fsp3) is 0.471. The zero-order valence-electron chi connectivity index (χ0n) is 14.6. The normalized spacial score (nSPS) is 17.4. The number of amides is 1. The highest BCUT2D eigenvalue weighted by molar-refractivity contribution is 5.83. The van der Waals surface area contributed by atoms with Crippen LogP contribution in [0.5, 0.6) is 5.88 Å². The van der Waals surface area contributed by atoms with E-state index < -0.39 is 0 Å². The number of hydrogen-bond donors (Lipinski definition) is 0. The summed E-state index contributed by atoms with van der Waals surface area (Å²) < 4.78 is 7.30. The van der Waals surface area contributed by atoms with Gasteiger partial charge in [-0.15, -0.1) is 0 Å². The maximum absolute atomic E-state index is 12.7. The molecule has 0 spiro atoms. The molecular formula is C17H23N5O2. The van der Waals surface area contributed by atoms with Crippen molar-refractivity contribution in [3.05, 3.63) is 41.6 Å². The minimum absolute atomic E-state index is 0.0997. The summed E-state index contributed by atoms with van der Waals surface area (Å²) in [6, 6.07) is 3.90. The van der Waals surface area contributed by atoms with Crippen molar-refractivity contribution >= 4 is 5.91 Å². The van der Waals surface area contributed by atoms with Crippen LogP contribution in [0, 0.1) is 0 Å². The second-order valence-corrected chi connectivity index (χ2v) is 6.31. The lowest BCUT2D eigenvalue weighted by Gasteiger charge is -2.33. The summed E-state index contributed by atoms with van der Waals surface area (Å²) >= 11 is 0. The van der Waals surface area contributed by atoms with E-state index in [1.54, 1.807) is 38.6 Å². The van der Waals surface area contributed by atoms with Crippen molar-refractivity contribution < 1.29 is 9.53 Å². The van der Waals surface area contributed by atoms with Gasteiger partial charge in [-0.25, -0.2) is 9.97 Å². The van der Waals surface area contributed by atoms with Gasteiger partial charge in [0.25, 0.3) is 0 Å². The molecule has 0 aliphatic carbocycles. The fourth-order valence-electron chi connectivity index (χ4n) is 3.27. The standard InChI is InChI=1S/C17H23N5O2/c1-20(2)17(23)13-9-22(10-14-15(13)21(3)11-19-14)8-12-6-5-7-18-16(12)24-4/h5-7,11,13H,8-10H2,1-4H3/t13-/m1/s1. The van der Waals surface area contributed by atoms with Crippen LogP contribution in [0.4, 0.5) is 0 Å². The quantitative estimate of drug-likeness (QED) is 0.838. The van der Waals surface area contributed by atoms with Crippen LogP contribution in [0.25, 0.3) is 0 Å². The zero-order chi connectivity index (χ0) is 17.3. The number of carbonyl (C=O) groups is 1. The summed E-state index contributed by atoms with van der Waals surface area (Å²) in [6.07, 6.45) is 3.50. The van der Waals surface area contributed by atoms with E-state index in [1.807, 2.05) is 23.7 Å². The molecule has 0 bridgehead atoms. The molecule has 0 fully saturated rings. The summed E-state index contributed by atoms with van der Waals surface area (Å²) in [5.74, 6) is 0.515. The lowest BCUT2D eigenvalue weighted by atomic mass is 9.96. The highest BCUT2D eigenvalue weighted by atomic mass is 16.5. The number of carbonyl (C=O) groups excluding carboxylic acids is 1. The van der Waals surface area contributed by atoms with Crippen LogP contribution in [0.1, 0.15) is 22.9 Å². The number of aromatic nitrogens is 3. The minimum atomic E-state index is -0.209. The van der Waals surface area contributed by atoms with E-state index in [9.17, 15) is 4.79 Å². The van der Waals surface area contributed by atoms with Crippen LogP contribution < -0.4 is 4.74 Å². The van der Waals surface area contributed by atoms with Gasteiger partial charge in [-0.2, -0.15) is 0 Å². The summed E-state index contributed by atoms with van der Waals surface area (Å²) in [4.78, 5) is 25.3. The van der Waals surface area contributed by atoms with Gasteiger partial charge in [0.2, 0.25) is 11.8 Å². The minimum Gasteiger partial charge on any atom is -0.481 e. The summed E-state index contributed by atoms with van der Waals surface area (Å²) in [5, 5.41) is 0. The Labute approximate surface area is 141 Å². The molecule has 1 amide bonds. The van der Waals surface area contributed by atoms with Crippen molar-refractivity contribution in [3.8, 4) is 5.88 Å². The van der Waals surface area contributed by atoms with E-state index in [1.165, 1.54) is 0 Å². The molecule has 0 N–H and O–H groups in total. The highest BCUT2D eigenvalue weighted by Crippen LogP contribution is 2.30. The molecule has 3 heterocycles. The van der Waals surface area contributed by atoms with Crippen LogP contribution in [0.2, 0.25) is 0 Å². The molecule has 7 nitrogen and oxygen atoms in total. The first-order valence-electron chi connectivity index (χ1n) is 7.92. The fourth-order valence-corrected chi connectivity index (χ4v) is 3.27. The molecule has 0 radical (unpaired) electrons. The third-order valence-corrected chi connectivity index (χ3v) is 4.38. The van der Waals surface area contributed by atoms with Gasteiger partial charge in [-0.3, -0.25) is 9.69 Å². The number of nitrogens with zero attached hydrogens (tertiary/aromatic N) is 5.